The highest BCUT2D eigenvalue weighted by Crippen LogP contribution is 2.14. The molecule has 0 heterocycles. The van der Waals surface area contributed by atoms with Crippen molar-refractivity contribution in [1.82, 2.24) is 5.32 Å². The summed E-state index contributed by atoms with van der Waals surface area (Å²) in [7, 11) is 0. The number of urea groups is 1. The number of allylic oxidation sites excluding steroid dienone is 5. The number of hydrogen-bond donors (Lipinski definition) is 1. The molecule has 1 atom stereocenters. The van der Waals surface area contributed by atoms with Crippen LogP contribution in [0.5, 0.6) is 0 Å². The van der Waals surface area contributed by atoms with Gasteiger partial charge in [0.25, 0.3) is 0 Å². The van der Waals surface area contributed by atoms with Crippen molar-refractivity contribution in [3.63, 3.8) is 0 Å². The van der Waals surface area contributed by atoms with E-state index < -0.39 is 11.9 Å². The maximum absolute atomic E-state index is 12.8. The Labute approximate surface area is 123 Å². The number of nitrogens with one attached hydrogen (secondary N) is 1. The van der Waals surface area contributed by atoms with Crippen molar-refractivity contribution in [3.05, 3.63) is 47.8 Å². The van der Waals surface area contributed by atoms with Crippen molar-refractivity contribution in [3.8, 4) is 0 Å². The summed E-state index contributed by atoms with van der Waals surface area (Å²) in [5, 5.41) is 2.62. The summed E-state index contributed by atoms with van der Waals surface area (Å²) in [5.41, 5.74) is 0.434. The van der Waals surface area contributed by atoms with Crippen molar-refractivity contribution in [2.75, 3.05) is 0 Å². The minimum Gasteiger partial charge on any atom is -0.330 e. The Bertz CT molecular complexity index is 492. The highest BCUT2D eigenvalue weighted by molar-refractivity contribution is 6.33. The van der Waals surface area contributed by atoms with Crippen LogP contribution < -0.4 is 5.32 Å². The zero-order chi connectivity index (χ0) is 15.0. The summed E-state index contributed by atoms with van der Waals surface area (Å²) < 4.78 is 12.8. The Morgan fingerprint density at radius 2 is 2.35 bits per heavy atom. The molecule has 0 aromatic carbocycles. The van der Waals surface area contributed by atoms with Crippen molar-refractivity contribution >= 4 is 23.3 Å². The van der Waals surface area contributed by atoms with E-state index in [-0.39, 0.29) is 11.1 Å². The van der Waals surface area contributed by atoms with E-state index in [0.717, 1.165) is 12.8 Å². The van der Waals surface area contributed by atoms with Gasteiger partial charge in [-0.25, -0.2) is 9.18 Å². The molecule has 0 aromatic heterocycles. The van der Waals surface area contributed by atoms with E-state index in [1.165, 1.54) is 6.08 Å². The Morgan fingerprint density at radius 3 is 2.90 bits per heavy atom. The summed E-state index contributed by atoms with van der Waals surface area (Å²) in [6.45, 7) is 5.04. The van der Waals surface area contributed by atoms with Gasteiger partial charge in [0.15, 0.2) is 0 Å². The van der Waals surface area contributed by atoms with Gasteiger partial charge in [-0.05, 0) is 18.9 Å². The molecule has 20 heavy (non-hydrogen) atoms. The normalized spacial score (nSPS) is 19.1. The van der Waals surface area contributed by atoms with E-state index >= 15 is 0 Å². The minimum atomic E-state index is -0.740. The number of carbonyl (C=O) groups excluding carboxylic acids is 1. The molecule has 1 aliphatic rings. The molecule has 1 N–H and O–H groups in total. The average molecular weight is 297 g/mol. The lowest BCUT2D eigenvalue weighted by molar-refractivity contribution is 0.247. The second-order valence-electron chi connectivity index (χ2n) is 4.36. The summed E-state index contributed by atoms with van der Waals surface area (Å²) in [4.78, 5) is 15.7. The molecule has 3 nitrogen and oxygen atoms in total. The Kier molecular flexibility index (Phi) is 6.94. The molecule has 0 saturated carbocycles. The van der Waals surface area contributed by atoms with Gasteiger partial charge in [-0.15, -0.1) is 0 Å². The van der Waals surface area contributed by atoms with Crippen LogP contribution >= 0.6 is 11.6 Å². The largest absolute Gasteiger partial charge is 0.341 e. The number of hydrogen-bond acceptors (Lipinski definition) is 1. The number of aliphatic imine (C=N–C) groups is 1. The first-order valence-electron chi connectivity index (χ1n) is 6.46. The lowest BCUT2D eigenvalue weighted by atomic mass is 10.1. The van der Waals surface area contributed by atoms with Crippen LogP contribution in [0.1, 0.15) is 26.2 Å². The first-order valence-corrected chi connectivity index (χ1v) is 6.84. The predicted molar refractivity (Wildman–Crippen MR) is 81.7 cm³/mol. The van der Waals surface area contributed by atoms with Crippen LogP contribution in [0.3, 0.4) is 0 Å². The zero-order valence-electron chi connectivity index (χ0n) is 11.4. The van der Waals surface area contributed by atoms with Crippen molar-refractivity contribution in [2.45, 2.75) is 32.2 Å². The van der Waals surface area contributed by atoms with Gasteiger partial charge in [-0.1, -0.05) is 55.8 Å². The van der Waals surface area contributed by atoms with Gasteiger partial charge in [0.05, 0.1) is 11.1 Å². The van der Waals surface area contributed by atoms with Gasteiger partial charge >= 0.3 is 6.03 Å². The molecule has 2 amide bonds. The first kappa shape index (κ1) is 16.4. The molecular formula is C15H18ClFN2O. The van der Waals surface area contributed by atoms with Gasteiger partial charge in [0, 0.05) is 5.71 Å². The standard InChI is InChI=1S/C15H18ClFN2O/c1-3-7-13(10-14(16)11(2)17)19-15(20)18-12-8-5-4-6-9-12/h4-6,8,10,12H,2-3,7,9H2,1H3,(H,18,20)/b14-10+,19-13?. The van der Waals surface area contributed by atoms with Crippen molar-refractivity contribution in [1.29, 1.82) is 0 Å². The van der Waals surface area contributed by atoms with E-state index in [2.05, 4.69) is 16.9 Å². The molecule has 0 radical (unpaired) electrons. The average Bonchev–Trinajstić information content (AvgIpc) is 2.39. The number of rotatable bonds is 5. The molecule has 1 rings (SSSR count). The monoisotopic (exact) mass is 296 g/mol. The van der Waals surface area contributed by atoms with Gasteiger partial charge in [-0.3, -0.25) is 0 Å². The maximum atomic E-state index is 12.8. The summed E-state index contributed by atoms with van der Waals surface area (Å²) >= 11 is 5.68. The molecular weight excluding hydrogens is 279 g/mol. The van der Waals surface area contributed by atoms with Crippen LogP contribution in [-0.4, -0.2) is 17.8 Å². The number of nitrogens with zero attached hydrogens (tertiary/aromatic N) is 1. The molecule has 0 aliphatic heterocycles. The Morgan fingerprint density at radius 1 is 1.60 bits per heavy atom. The summed E-state index contributed by atoms with van der Waals surface area (Å²) in [6.07, 6.45) is 11.0. The molecule has 5 heteroatoms. The maximum Gasteiger partial charge on any atom is 0.341 e. The zero-order valence-corrected chi connectivity index (χ0v) is 12.2. The molecule has 0 bridgehead atoms. The number of carbonyl (C=O) groups is 1. The molecule has 0 saturated heterocycles. The van der Waals surface area contributed by atoms with Crippen LogP contribution in [0.2, 0.25) is 0 Å². The third-order valence-electron chi connectivity index (χ3n) is 2.59. The molecule has 0 spiro atoms. The van der Waals surface area contributed by atoms with Gasteiger partial charge < -0.3 is 5.32 Å². The molecule has 108 valence electrons. The highest BCUT2D eigenvalue weighted by atomic mass is 35.5. The topological polar surface area (TPSA) is 41.5 Å². The molecule has 0 aromatic rings. The van der Waals surface area contributed by atoms with E-state index in [0.29, 0.717) is 12.1 Å². The SMILES string of the molecule is C=C(F)/C(Cl)=C\C(CCC)=NC(=O)NC1C=CC=CC1. The highest BCUT2D eigenvalue weighted by Gasteiger charge is 2.09. The lowest BCUT2D eigenvalue weighted by Gasteiger charge is -2.13. The lowest BCUT2D eigenvalue weighted by Crippen LogP contribution is -2.31. The van der Waals surface area contributed by atoms with Gasteiger partial charge in [-0.2, -0.15) is 4.99 Å². The van der Waals surface area contributed by atoms with E-state index in [1.54, 1.807) is 0 Å². The summed E-state index contributed by atoms with van der Waals surface area (Å²) in [5.74, 6) is -0.740. The van der Waals surface area contributed by atoms with Crippen molar-refractivity contribution in [2.24, 2.45) is 4.99 Å². The van der Waals surface area contributed by atoms with E-state index in [1.807, 2.05) is 31.2 Å². The molecule has 1 unspecified atom stereocenters. The van der Waals surface area contributed by atoms with Crippen molar-refractivity contribution < 1.29 is 9.18 Å². The van der Waals surface area contributed by atoms with Crippen LogP contribution in [-0.2, 0) is 0 Å². The van der Waals surface area contributed by atoms with E-state index in [4.69, 9.17) is 11.6 Å². The van der Waals surface area contributed by atoms with Crippen LogP contribution in [0.4, 0.5) is 9.18 Å². The van der Waals surface area contributed by atoms with Gasteiger partial charge in [0.2, 0.25) is 0 Å². The molecule has 0 fully saturated rings. The Hall–Kier alpha value is -1.68. The third kappa shape index (κ3) is 5.97. The van der Waals surface area contributed by atoms with Crippen LogP contribution in [0.15, 0.2) is 52.8 Å². The smallest absolute Gasteiger partial charge is 0.330 e. The Balaban J connectivity index is 2.72. The quantitative estimate of drug-likeness (QED) is 0.592. The van der Waals surface area contributed by atoms with Crippen LogP contribution in [0.25, 0.3) is 0 Å². The predicted octanol–water partition coefficient (Wildman–Crippen LogP) is 4.43. The van der Waals surface area contributed by atoms with E-state index in [9.17, 15) is 9.18 Å². The molecule has 1 aliphatic carbocycles. The fourth-order valence-electron chi connectivity index (χ4n) is 1.65. The number of halogens is 2. The second-order valence-corrected chi connectivity index (χ2v) is 4.76. The third-order valence-corrected chi connectivity index (χ3v) is 2.91. The second kappa shape index (κ2) is 8.48. The fraction of sp³-hybridized carbons (Fsp3) is 0.333. The van der Waals surface area contributed by atoms with Crippen LogP contribution in [0, 0.1) is 0 Å². The summed E-state index contributed by atoms with van der Waals surface area (Å²) in [6, 6.07) is -0.515. The number of amides is 2. The van der Waals surface area contributed by atoms with Gasteiger partial charge in [0.1, 0.15) is 5.83 Å². The fourth-order valence-corrected chi connectivity index (χ4v) is 1.78. The minimum absolute atomic E-state index is 0.0604. The first-order chi connectivity index (χ1) is 9.52.